The molecule has 0 radical (unpaired) electrons. The third-order valence-electron chi connectivity index (χ3n) is 3.00. The van der Waals surface area contributed by atoms with Crippen molar-refractivity contribution in [2.45, 2.75) is 19.9 Å². The average molecular weight is 329 g/mol. The van der Waals surface area contributed by atoms with Gasteiger partial charge in [0.15, 0.2) is 0 Å². The zero-order chi connectivity index (χ0) is 14.3. The maximum absolute atomic E-state index is 11.5. The number of carbonyl (C=O) groups excluding carboxylic acids is 1. The summed E-state index contributed by atoms with van der Waals surface area (Å²) in [7, 11) is 0. The standard InChI is InChI=1S/C13H21BrN4O/c1-3-18(4-2)8-7-16-12(13(15)19)11-6-5-10(14)9-17-11/h5-6,9,12,16H,3-4,7-8H2,1-2H3,(H2,15,19). The van der Waals surface area contributed by atoms with Gasteiger partial charge >= 0.3 is 0 Å². The molecular weight excluding hydrogens is 308 g/mol. The van der Waals surface area contributed by atoms with E-state index in [1.165, 1.54) is 0 Å². The predicted molar refractivity (Wildman–Crippen MR) is 79.7 cm³/mol. The lowest BCUT2D eigenvalue weighted by atomic mass is 10.2. The van der Waals surface area contributed by atoms with Crippen molar-refractivity contribution in [3.8, 4) is 0 Å². The van der Waals surface area contributed by atoms with Crippen molar-refractivity contribution >= 4 is 21.8 Å². The Morgan fingerprint density at radius 3 is 2.63 bits per heavy atom. The van der Waals surface area contributed by atoms with E-state index in [1.807, 2.05) is 6.07 Å². The summed E-state index contributed by atoms with van der Waals surface area (Å²) in [6.45, 7) is 7.81. The number of halogens is 1. The van der Waals surface area contributed by atoms with Gasteiger partial charge in [0, 0.05) is 23.8 Å². The number of carbonyl (C=O) groups is 1. The van der Waals surface area contributed by atoms with Crippen molar-refractivity contribution in [1.29, 1.82) is 0 Å². The summed E-state index contributed by atoms with van der Waals surface area (Å²) in [5.41, 5.74) is 6.07. The second kappa shape index (κ2) is 8.24. The van der Waals surface area contributed by atoms with E-state index in [0.29, 0.717) is 12.2 Å². The van der Waals surface area contributed by atoms with Crippen LogP contribution in [0.3, 0.4) is 0 Å². The van der Waals surface area contributed by atoms with Crippen LogP contribution in [0.15, 0.2) is 22.8 Å². The maximum Gasteiger partial charge on any atom is 0.240 e. The third-order valence-corrected chi connectivity index (χ3v) is 3.47. The van der Waals surface area contributed by atoms with Gasteiger partial charge in [0.1, 0.15) is 6.04 Å². The quantitative estimate of drug-likeness (QED) is 0.754. The molecule has 0 bridgehead atoms. The Kier molecular flexibility index (Phi) is 6.97. The van der Waals surface area contributed by atoms with Crippen molar-refractivity contribution in [3.05, 3.63) is 28.5 Å². The lowest BCUT2D eigenvalue weighted by Crippen LogP contribution is -2.39. The smallest absolute Gasteiger partial charge is 0.240 e. The molecule has 106 valence electrons. The van der Waals surface area contributed by atoms with Gasteiger partial charge in [-0.05, 0) is 41.2 Å². The lowest BCUT2D eigenvalue weighted by Gasteiger charge is -2.20. The van der Waals surface area contributed by atoms with Crippen LogP contribution in [-0.2, 0) is 4.79 Å². The molecule has 6 heteroatoms. The largest absolute Gasteiger partial charge is 0.368 e. The Balaban J connectivity index is 2.59. The van der Waals surface area contributed by atoms with Crippen LogP contribution in [0.25, 0.3) is 0 Å². The van der Waals surface area contributed by atoms with Crippen LogP contribution in [0.2, 0.25) is 0 Å². The van der Waals surface area contributed by atoms with E-state index >= 15 is 0 Å². The first-order chi connectivity index (χ1) is 9.08. The summed E-state index contributed by atoms with van der Waals surface area (Å²) in [4.78, 5) is 18.0. The molecule has 0 aromatic carbocycles. The fraction of sp³-hybridized carbons (Fsp3) is 0.538. The van der Waals surface area contributed by atoms with E-state index < -0.39 is 11.9 Å². The molecule has 1 aromatic heterocycles. The number of hydrogen-bond acceptors (Lipinski definition) is 4. The zero-order valence-corrected chi connectivity index (χ0v) is 13.0. The van der Waals surface area contributed by atoms with Crippen molar-refractivity contribution in [3.63, 3.8) is 0 Å². The molecule has 0 saturated heterocycles. The molecule has 1 amide bonds. The number of amides is 1. The van der Waals surface area contributed by atoms with Crippen LogP contribution >= 0.6 is 15.9 Å². The van der Waals surface area contributed by atoms with E-state index in [0.717, 1.165) is 24.1 Å². The summed E-state index contributed by atoms with van der Waals surface area (Å²) in [6, 6.07) is 3.11. The summed E-state index contributed by atoms with van der Waals surface area (Å²) < 4.78 is 0.877. The summed E-state index contributed by atoms with van der Waals surface area (Å²) in [6.07, 6.45) is 1.66. The molecule has 1 atom stereocenters. The predicted octanol–water partition coefficient (Wildman–Crippen LogP) is 1.30. The van der Waals surface area contributed by atoms with Gasteiger partial charge in [-0.25, -0.2) is 0 Å². The molecule has 1 aromatic rings. The van der Waals surface area contributed by atoms with Gasteiger partial charge in [-0.15, -0.1) is 0 Å². The average Bonchev–Trinajstić information content (AvgIpc) is 2.40. The highest BCUT2D eigenvalue weighted by Gasteiger charge is 2.18. The Hall–Kier alpha value is -0.980. The number of likely N-dealkylation sites (N-methyl/N-ethyl adjacent to an activating group) is 1. The van der Waals surface area contributed by atoms with Crippen LogP contribution in [-0.4, -0.2) is 42.0 Å². The first-order valence-corrected chi connectivity index (χ1v) is 7.24. The van der Waals surface area contributed by atoms with Gasteiger partial charge in [-0.3, -0.25) is 15.1 Å². The van der Waals surface area contributed by atoms with Crippen LogP contribution in [0.4, 0.5) is 0 Å². The molecule has 0 fully saturated rings. The highest BCUT2D eigenvalue weighted by molar-refractivity contribution is 9.10. The first-order valence-electron chi connectivity index (χ1n) is 6.45. The number of nitrogens with two attached hydrogens (primary N) is 1. The normalized spacial score (nSPS) is 12.6. The highest BCUT2D eigenvalue weighted by Crippen LogP contribution is 2.13. The molecule has 0 aliphatic carbocycles. The van der Waals surface area contributed by atoms with Crippen molar-refractivity contribution in [1.82, 2.24) is 15.2 Å². The summed E-state index contributed by atoms with van der Waals surface area (Å²) in [5, 5.41) is 3.16. The van der Waals surface area contributed by atoms with E-state index in [2.05, 4.69) is 45.0 Å². The Morgan fingerprint density at radius 2 is 2.16 bits per heavy atom. The van der Waals surface area contributed by atoms with Gasteiger partial charge in [0.25, 0.3) is 0 Å². The minimum Gasteiger partial charge on any atom is -0.368 e. The van der Waals surface area contributed by atoms with Crippen molar-refractivity contribution in [2.24, 2.45) is 5.73 Å². The minimum atomic E-state index is -0.538. The number of nitrogens with one attached hydrogen (secondary N) is 1. The summed E-state index contributed by atoms with van der Waals surface area (Å²) in [5.74, 6) is -0.408. The number of hydrogen-bond donors (Lipinski definition) is 2. The number of nitrogens with zero attached hydrogens (tertiary/aromatic N) is 2. The zero-order valence-electron chi connectivity index (χ0n) is 11.4. The van der Waals surface area contributed by atoms with Crippen LogP contribution in [0, 0.1) is 0 Å². The molecule has 0 spiro atoms. The van der Waals surface area contributed by atoms with E-state index in [9.17, 15) is 4.79 Å². The second-order valence-electron chi connectivity index (χ2n) is 4.22. The number of aromatic nitrogens is 1. The van der Waals surface area contributed by atoms with Gasteiger partial charge in [-0.1, -0.05) is 13.8 Å². The highest BCUT2D eigenvalue weighted by atomic mass is 79.9. The monoisotopic (exact) mass is 328 g/mol. The fourth-order valence-electron chi connectivity index (χ4n) is 1.82. The molecule has 1 unspecified atom stereocenters. The number of rotatable bonds is 8. The van der Waals surface area contributed by atoms with Gasteiger partial charge in [0.2, 0.25) is 5.91 Å². The van der Waals surface area contributed by atoms with Crippen LogP contribution in [0.5, 0.6) is 0 Å². The molecule has 19 heavy (non-hydrogen) atoms. The number of primary amides is 1. The van der Waals surface area contributed by atoms with E-state index in [4.69, 9.17) is 5.73 Å². The van der Waals surface area contributed by atoms with Crippen LogP contribution in [0.1, 0.15) is 25.6 Å². The Morgan fingerprint density at radius 1 is 1.47 bits per heavy atom. The molecule has 3 N–H and O–H groups in total. The van der Waals surface area contributed by atoms with Crippen molar-refractivity contribution < 1.29 is 4.79 Å². The maximum atomic E-state index is 11.5. The second-order valence-corrected chi connectivity index (χ2v) is 5.13. The minimum absolute atomic E-state index is 0.408. The summed E-state index contributed by atoms with van der Waals surface area (Å²) >= 11 is 3.32. The molecule has 1 heterocycles. The van der Waals surface area contributed by atoms with Gasteiger partial charge in [0.05, 0.1) is 5.69 Å². The van der Waals surface area contributed by atoms with Crippen LogP contribution < -0.4 is 11.1 Å². The molecular formula is C13H21BrN4O. The van der Waals surface area contributed by atoms with Gasteiger partial charge < -0.3 is 10.6 Å². The van der Waals surface area contributed by atoms with E-state index in [-0.39, 0.29) is 0 Å². The SMILES string of the molecule is CCN(CC)CCNC(C(N)=O)c1ccc(Br)cn1. The molecule has 0 saturated carbocycles. The molecule has 1 rings (SSSR count). The molecule has 0 aliphatic rings. The number of pyridine rings is 1. The Bertz CT molecular complexity index is 392. The Labute approximate surface area is 122 Å². The lowest BCUT2D eigenvalue weighted by molar-refractivity contribution is -0.120. The molecule has 0 aliphatic heterocycles. The van der Waals surface area contributed by atoms with Gasteiger partial charge in [-0.2, -0.15) is 0 Å². The third kappa shape index (κ3) is 5.26. The topological polar surface area (TPSA) is 71.2 Å². The van der Waals surface area contributed by atoms with E-state index in [1.54, 1.807) is 12.3 Å². The first kappa shape index (κ1) is 16.1. The van der Waals surface area contributed by atoms with Crippen molar-refractivity contribution in [2.75, 3.05) is 26.2 Å². The fourth-order valence-corrected chi connectivity index (χ4v) is 2.05. The molecule has 5 nitrogen and oxygen atoms in total.